The highest BCUT2D eigenvalue weighted by Gasteiger charge is 2.21. The van der Waals surface area contributed by atoms with Gasteiger partial charge in [0.2, 0.25) is 10.0 Å². The summed E-state index contributed by atoms with van der Waals surface area (Å²) in [5.74, 6) is -4.29. The second-order valence-electron chi connectivity index (χ2n) is 5.70. The van der Waals surface area contributed by atoms with E-state index in [-0.39, 0.29) is 17.2 Å². The number of halogens is 3. The molecule has 0 spiro atoms. The lowest BCUT2D eigenvalue weighted by atomic mass is 10.2. The molecule has 0 heterocycles. The molecule has 0 aliphatic carbocycles. The minimum Gasteiger partial charge on any atom is -0.383 e. The summed E-state index contributed by atoms with van der Waals surface area (Å²) in [6, 6.07) is 4.74. The van der Waals surface area contributed by atoms with Crippen molar-refractivity contribution in [2.45, 2.75) is 17.9 Å². The van der Waals surface area contributed by atoms with Crippen LogP contribution in [-0.2, 0) is 14.8 Å². The monoisotopic (exact) mass is 402 g/mol. The van der Waals surface area contributed by atoms with Gasteiger partial charge in [-0.15, -0.1) is 0 Å². The lowest BCUT2D eigenvalue weighted by molar-refractivity contribution is 0.102. The van der Waals surface area contributed by atoms with Crippen molar-refractivity contribution in [2.75, 3.05) is 19.0 Å². The summed E-state index contributed by atoms with van der Waals surface area (Å²) in [5, 5.41) is 2.19. The summed E-state index contributed by atoms with van der Waals surface area (Å²) < 4.78 is 72.0. The number of anilines is 1. The molecule has 0 unspecified atom stereocenters. The summed E-state index contributed by atoms with van der Waals surface area (Å²) in [6.45, 7) is 1.69. The van der Waals surface area contributed by atoms with Crippen LogP contribution >= 0.6 is 0 Å². The van der Waals surface area contributed by atoms with Crippen molar-refractivity contribution in [3.05, 3.63) is 59.4 Å². The van der Waals surface area contributed by atoms with Crippen LogP contribution in [0.25, 0.3) is 0 Å². The highest BCUT2D eigenvalue weighted by atomic mass is 32.2. The van der Waals surface area contributed by atoms with E-state index in [1.807, 2.05) is 0 Å². The Morgan fingerprint density at radius 3 is 2.37 bits per heavy atom. The van der Waals surface area contributed by atoms with Crippen LogP contribution in [0.4, 0.5) is 18.9 Å². The number of benzene rings is 2. The first-order valence-corrected chi connectivity index (χ1v) is 9.19. The van der Waals surface area contributed by atoms with Crippen molar-refractivity contribution in [3.63, 3.8) is 0 Å². The Balaban J connectivity index is 2.28. The second-order valence-corrected chi connectivity index (χ2v) is 7.42. The van der Waals surface area contributed by atoms with Crippen LogP contribution in [0.15, 0.2) is 41.3 Å². The van der Waals surface area contributed by atoms with Crippen LogP contribution in [0, 0.1) is 17.5 Å². The van der Waals surface area contributed by atoms with Gasteiger partial charge in [0.15, 0.2) is 11.6 Å². The van der Waals surface area contributed by atoms with Crippen molar-refractivity contribution < 1.29 is 31.1 Å². The lowest BCUT2D eigenvalue weighted by Crippen LogP contribution is -2.35. The predicted octanol–water partition coefficient (Wildman–Crippen LogP) is 2.67. The number of sulfonamides is 1. The second kappa shape index (κ2) is 8.51. The molecule has 2 rings (SSSR count). The zero-order chi connectivity index (χ0) is 20.2. The van der Waals surface area contributed by atoms with Gasteiger partial charge in [-0.05, 0) is 37.3 Å². The van der Waals surface area contributed by atoms with E-state index >= 15 is 0 Å². The molecule has 27 heavy (non-hydrogen) atoms. The molecule has 0 saturated heterocycles. The molecule has 2 aromatic carbocycles. The van der Waals surface area contributed by atoms with Gasteiger partial charge in [0.25, 0.3) is 5.91 Å². The minimum absolute atomic E-state index is 0.113. The van der Waals surface area contributed by atoms with E-state index in [1.54, 1.807) is 6.92 Å². The third-order valence-electron chi connectivity index (χ3n) is 3.44. The largest absolute Gasteiger partial charge is 0.383 e. The van der Waals surface area contributed by atoms with E-state index in [2.05, 4.69) is 10.0 Å². The van der Waals surface area contributed by atoms with Gasteiger partial charge < -0.3 is 10.1 Å². The van der Waals surface area contributed by atoms with Crippen molar-refractivity contribution in [1.29, 1.82) is 0 Å². The predicted molar refractivity (Wildman–Crippen MR) is 92.4 cm³/mol. The van der Waals surface area contributed by atoms with Crippen molar-refractivity contribution >= 4 is 21.6 Å². The molecule has 0 radical (unpaired) electrons. The summed E-state index contributed by atoms with van der Waals surface area (Å²) in [4.78, 5) is 11.9. The van der Waals surface area contributed by atoms with Crippen LogP contribution in [0.5, 0.6) is 0 Å². The first-order chi connectivity index (χ1) is 12.6. The summed E-state index contributed by atoms with van der Waals surface area (Å²) in [7, 11) is -2.62. The number of carbonyl (C=O) groups is 1. The van der Waals surface area contributed by atoms with E-state index in [4.69, 9.17) is 4.74 Å². The molecule has 0 aliphatic heterocycles. The number of ether oxygens (including phenoxy) is 1. The normalized spacial score (nSPS) is 12.6. The fourth-order valence-corrected chi connectivity index (χ4v) is 3.49. The van der Waals surface area contributed by atoms with Gasteiger partial charge >= 0.3 is 0 Å². The summed E-state index contributed by atoms with van der Waals surface area (Å²) in [6.07, 6.45) is 0. The molecule has 0 aliphatic rings. The molecule has 0 saturated carbocycles. The fourth-order valence-electron chi connectivity index (χ4n) is 2.23. The summed E-state index contributed by atoms with van der Waals surface area (Å²) >= 11 is 0. The Morgan fingerprint density at radius 2 is 1.74 bits per heavy atom. The van der Waals surface area contributed by atoms with Gasteiger partial charge in [-0.2, -0.15) is 0 Å². The van der Waals surface area contributed by atoms with Gasteiger partial charge in [-0.25, -0.2) is 26.3 Å². The van der Waals surface area contributed by atoms with Crippen molar-refractivity contribution in [3.8, 4) is 0 Å². The number of rotatable bonds is 7. The van der Waals surface area contributed by atoms with E-state index < -0.39 is 45.0 Å². The lowest BCUT2D eigenvalue weighted by Gasteiger charge is -2.14. The molecule has 0 bridgehead atoms. The van der Waals surface area contributed by atoms with Gasteiger partial charge in [0, 0.05) is 24.9 Å². The molecule has 0 aromatic heterocycles. The molecule has 0 fully saturated rings. The molecule has 10 heteroatoms. The Labute approximate surface area is 154 Å². The van der Waals surface area contributed by atoms with Crippen LogP contribution in [0.3, 0.4) is 0 Å². The third kappa shape index (κ3) is 5.28. The van der Waals surface area contributed by atoms with Crippen molar-refractivity contribution in [1.82, 2.24) is 4.72 Å². The minimum atomic E-state index is -4.03. The maximum Gasteiger partial charge on any atom is 0.258 e. The van der Waals surface area contributed by atoms with Crippen molar-refractivity contribution in [2.24, 2.45) is 0 Å². The average Bonchev–Trinajstić information content (AvgIpc) is 2.58. The highest BCUT2D eigenvalue weighted by Crippen LogP contribution is 2.19. The highest BCUT2D eigenvalue weighted by molar-refractivity contribution is 7.89. The number of hydrogen-bond donors (Lipinski definition) is 2. The van der Waals surface area contributed by atoms with Gasteiger partial charge in [-0.3, -0.25) is 4.79 Å². The number of hydrogen-bond acceptors (Lipinski definition) is 4. The third-order valence-corrected chi connectivity index (χ3v) is 5.03. The standard InChI is InChI=1S/C17H17F3N2O4S/c1-10(9-26-2)22-27(24,25)12-4-6-14(18)13(8-12)17(23)21-11-3-5-15(19)16(20)7-11/h3-8,10,22H,9H2,1-2H3,(H,21,23)/t10-/m0/s1. The van der Waals surface area contributed by atoms with Crippen LogP contribution in [0.2, 0.25) is 0 Å². The Morgan fingerprint density at radius 1 is 1.07 bits per heavy atom. The number of nitrogens with one attached hydrogen (secondary N) is 2. The maximum absolute atomic E-state index is 14.0. The maximum atomic E-state index is 14.0. The molecule has 6 nitrogen and oxygen atoms in total. The molecule has 2 aromatic rings. The van der Waals surface area contributed by atoms with E-state index in [1.165, 1.54) is 7.11 Å². The van der Waals surface area contributed by atoms with Gasteiger partial charge in [-0.1, -0.05) is 0 Å². The quantitative estimate of drug-likeness (QED) is 0.746. The van der Waals surface area contributed by atoms with E-state index in [9.17, 15) is 26.4 Å². The smallest absolute Gasteiger partial charge is 0.258 e. The molecular formula is C17H17F3N2O4S. The van der Waals surface area contributed by atoms with Crippen LogP contribution < -0.4 is 10.0 Å². The SMILES string of the molecule is COC[C@H](C)NS(=O)(=O)c1ccc(F)c(C(=O)Nc2ccc(F)c(F)c2)c1. The number of amides is 1. The van der Waals surface area contributed by atoms with Crippen LogP contribution in [0.1, 0.15) is 17.3 Å². The Kier molecular flexibility index (Phi) is 6.58. The molecule has 2 N–H and O–H groups in total. The fraction of sp³-hybridized carbons (Fsp3) is 0.235. The number of carbonyl (C=O) groups excluding carboxylic acids is 1. The van der Waals surface area contributed by atoms with E-state index in [0.29, 0.717) is 0 Å². The molecular weight excluding hydrogens is 385 g/mol. The first kappa shape index (κ1) is 20.9. The van der Waals surface area contributed by atoms with Crippen LogP contribution in [-0.4, -0.2) is 34.1 Å². The topological polar surface area (TPSA) is 84.5 Å². The Hall–Kier alpha value is -2.43. The molecule has 146 valence electrons. The van der Waals surface area contributed by atoms with Gasteiger partial charge in [0.05, 0.1) is 17.1 Å². The zero-order valence-corrected chi connectivity index (χ0v) is 15.2. The first-order valence-electron chi connectivity index (χ1n) is 7.71. The summed E-state index contributed by atoms with van der Waals surface area (Å²) in [5.41, 5.74) is -0.680. The zero-order valence-electron chi connectivity index (χ0n) is 14.4. The number of methoxy groups -OCH3 is 1. The molecule has 1 atom stereocenters. The average molecular weight is 402 g/mol. The van der Waals surface area contributed by atoms with E-state index in [0.717, 1.165) is 36.4 Å². The Bertz CT molecular complexity index is 951. The molecule has 1 amide bonds. The van der Waals surface area contributed by atoms with Gasteiger partial charge in [0.1, 0.15) is 5.82 Å².